The van der Waals surface area contributed by atoms with Gasteiger partial charge in [-0.05, 0) is 37.6 Å². The Labute approximate surface area is 152 Å². The minimum Gasteiger partial charge on any atom is -0.366 e. The fraction of sp³-hybridized carbons (Fsp3) is 0.474. The van der Waals surface area contributed by atoms with Crippen molar-refractivity contribution < 1.29 is 9.18 Å². The van der Waals surface area contributed by atoms with Gasteiger partial charge in [-0.25, -0.2) is 4.39 Å². The standard InChI is InChI=1S/C19H24FN5O/c20-16-5-1-2-6-18(16)23-10-12-24(13-11-23)19(26)17-7-9-25(22-17)15-4-3-8-21-14-15/h1-2,5-7,9,15,21H,3-4,8,10-14H2. The van der Waals surface area contributed by atoms with E-state index in [9.17, 15) is 9.18 Å². The smallest absolute Gasteiger partial charge is 0.274 e. The van der Waals surface area contributed by atoms with Gasteiger partial charge in [-0.2, -0.15) is 5.10 Å². The zero-order chi connectivity index (χ0) is 17.9. The lowest BCUT2D eigenvalue weighted by Crippen LogP contribution is -2.49. The van der Waals surface area contributed by atoms with E-state index < -0.39 is 0 Å². The monoisotopic (exact) mass is 357 g/mol. The van der Waals surface area contributed by atoms with E-state index in [2.05, 4.69) is 10.4 Å². The van der Waals surface area contributed by atoms with Crippen molar-refractivity contribution in [3.8, 4) is 0 Å². The van der Waals surface area contributed by atoms with E-state index in [0.29, 0.717) is 43.6 Å². The zero-order valence-corrected chi connectivity index (χ0v) is 14.8. The molecule has 7 heteroatoms. The summed E-state index contributed by atoms with van der Waals surface area (Å²) in [4.78, 5) is 16.5. The highest BCUT2D eigenvalue weighted by Crippen LogP contribution is 2.21. The molecule has 2 aromatic rings. The van der Waals surface area contributed by atoms with Crippen LogP contribution in [0.25, 0.3) is 0 Å². The molecule has 3 heterocycles. The fourth-order valence-corrected chi connectivity index (χ4v) is 3.74. The first-order valence-corrected chi connectivity index (χ1v) is 9.27. The molecule has 0 aliphatic carbocycles. The van der Waals surface area contributed by atoms with Crippen LogP contribution in [0.5, 0.6) is 0 Å². The number of para-hydroxylation sites is 1. The highest BCUT2D eigenvalue weighted by molar-refractivity contribution is 5.92. The quantitative estimate of drug-likeness (QED) is 0.912. The lowest BCUT2D eigenvalue weighted by atomic mass is 10.1. The highest BCUT2D eigenvalue weighted by Gasteiger charge is 2.25. The first kappa shape index (κ1) is 17.0. The number of carbonyl (C=O) groups is 1. The predicted molar refractivity (Wildman–Crippen MR) is 97.9 cm³/mol. The second-order valence-corrected chi connectivity index (χ2v) is 6.91. The van der Waals surface area contributed by atoms with Crippen LogP contribution in [0, 0.1) is 5.82 Å². The van der Waals surface area contributed by atoms with Gasteiger partial charge in [0.2, 0.25) is 0 Å². The Morgan fingerprint density at radius 1 is 1.15 bits per heavy atom. The van der Waals surface area contributed by atoms with Gasteiger partial charge in [-0.15, -0.1) is 0 Å². The molecule has 2 aliphatic heterocycles. The molecule has 138 valence electrons. The van der Waals surface area contributed by atoms with Crippen molar-refractivity contribution in [2.24, 2.45) is 0 Å². The van der Waals surface area contributed by atoms with E-state index >= 15 is 0 Å². The van der Waals surface area contributed by atoms with Gasteiger partial charge < -0.3 is 15.1 Å². The normalized spacial score (nSPS) is 21.0. The molecule has 0 bridgehead atoms. The molecule has 6 nitrogen and oxygen atoms in total. The Balaban J connectivity index is 1.38. The number of rotatable bonds is 3. The number of carbonyl (C=O) groups excluding carboxylic acids is 1. The van der Waals surface area contributed by atoms with Crippen molar-refractivity contribution in [2.75, 3.05) is 44.2 Å². The fourth-order valence-electron chi connectivity index (χ4n) is 3.74. The zero-order valence-electron chi connectivity index (χ0n) is 14.8. The number of anilines is 1. The number of nitrogens with zero attached hydrogens (tertiary/aromatic N) is 4. The average molecular weight is 357 g/mol. The number of nitrogens with one attached hydrogen (secondary N) is 1. The van der Waals surface area contributed by atoms with Crippen molar-refractivity contribution in [1.29, 1.82) is 0 Å². The van der Waals surface area contributed by atoms with Crippen LogP contribution in [-0.2, 0) is 0 Å². The second-order valence-electron chi connectivity index (χ2n) is 6.91. The number of hydrogen-bond donors (Lipinski definition) is 1. The van der Waals surface area contributed by atoms with E-state index in [1.807, 2.05) is 26.7 Å². The van der Waals surface area contributed by atoms with E-state index in [0.717, 1.165) is 25.9 Å². The van der Waals surface area contributed by atoms with Crippen LogP contribution in [0.15, 0.2) is 36.5 Å². The third-order valence-electron chi connectivity index (χ3n) is 5.23. The molecule has 1 aromatic carbocycles. The van der Waals surface area contributed by atoms with Crippen LogP contribution in [-0.4, -0.2) is 59.9 Å². The van der Waals surface area contributed by atoms with Gasteiger partial charge in [0.1, 0.15) is 11.5 Å². The summed E-state index contributed by atoms with van der Waals surface area (Å²) in [6.07, 6.45) is 4.12. The molecular formula is C19H24FN5O. The molecule has 1 N–H and O–H groups in total. The Kier molecular flexibility index (Phi) is 4.88. The van der Waals surface area contributed by atoms with E-state index in [-0.39, 0.29) is 11.7 Å². The van der Waals surface area contributed by atoms with Gasteiger partial charge in [-0.1, -0.05) is 12.1 Å². The molecule has 1 amide bonds. The number of piperidine rings is 1. The summed E-state index contributed by atoms with van der Waals surface area (Å²) in [5, 5.41) is 7.88. The maximum absolute atomic E-state index is 13.9. The molecule has 1 unspecified atom stereocenters. The Bertz CT molecular complexity index is 763. The summed E-state index contributed by atoms with van der Waals surface area (Å²) in [7, 11) is 0. The third kappa shape index (κ3) is 3.44. The molecular weight excluding hydrogens is 333 g/mol. The molecule has 0 spiro atoms. The lowest BCUT2D eigenvalue weighted by molar-refractivity contribution is 0.0739. The van der Waals surface area contributed by atoms with Crippen molar-refractivity contribution in [2.45, 2.75) is 18.9 Å². The molecule has 0 saturated carbocycles. The van der Waals surface area contributed by atoms with Crippen LogP contribution in [0.2, 0.25) is 0 Å². The van der Waals surface area contributed by atoms with Gasteiger partial charge in [-0.3, -0.25) is 9.48 Å². The third-order valence-corrected chi connectivity index (χ3v) is 5.23. The number of halogens is 1. The number of amides is 1. The Hall–Kier alpha value is -2.41. The van der Waals surface area contributed by atoms with Crippen LogP contribution >= 0.6 is 0 Å². The van der Waals surface area contributed by atoms with Gasteiger partial charge in [0, 0.05) is 38.9 Å². The Morgan fingerprint density at radius 2 is 1.96 bits per heavy atom. The average Bonchev–Trinajstić information content (AvgIpc) is 3.19. The van der Waals surface area contributed by atoms with Gasteiger partial charge in [0.15, 0.2) is 0 Å². The maximum atomic E-state index is 13.9. The second kappa shape index (κ2) is 7.45. The van der Waals surface area contributed by atoms with Crippen LogP contribution in [0.3, 0.4) is 0 Å². The minimum absolute atomic E-state index is 0.0410. The number of hydrogen-bond acceptors (Lipinski definition) is 4. The topological polar surface area (TPSA) is 53.4 Å². The molecule has 0 radical (unpaired) electrons. The van der Waals surface area contributed by atoms with E-state index in [1.54, 1.807) is 18.2 Å². The first-order chi connectivity index (χ1) is 12.7. The van der Waals surface area contributed by atoms with Crippen LogP contribution in [0.4, 0.5) is 10.1 Å². The first-order valence-electron chi connectivity index (χ1n) is 9.27. The number of benzene rings is 1. The maximum Gasteiger partial charge on any atom is 0.274 e. The largest absolute Gasteiger partial charge is 0.366 e. The van der Waals surface area contributed by atoms with E-state index in [1.165, 1.54) is 6.07 Å². The summed E-state index contributed by atoms with van der Waals surface area (Å²) in [5.41, 5.74) is 1.10. The van der Waals surface area contributed by atoms with Crippen molar-refractivity contribution in [1.82, 2.24) is 20.0 Å². The number of aromatic nitrogens is 2. The number of piperazine rings is 1. The van der Waals surface area contributed by atoms with E-state index in [4.69, 9.17) is 0 Å². The van der Waals surface area contributed by atoms with Crippen molar-refractivity contribution in [3.05, 3.63) is 48.0 Å². The summed E-state index contributed by atoms with van der Waals surface area (Å²) in [5.74, 6) is -0.257. The van der Waals surface area contributed by atoms with Crippen molar-refractivity contribution in [3.63, 3.8) is 0 Å². The van der Waals surface area contributed by atoms with Gasteiger partial charge >= 0.3 is 0 Å². The summed E-state index contributed by atoms with van der Waals surface area (Å²) >= 11 is 0. The lowest BCUT2D eigenvalue weighted by Gasteiger charge is -2.35. The highest BCUT2D eigenvalue weighted by atomic mass is 19.1. The van der Waals surface area contributed by atoms with Crippen molar-refractivity contribution >= 4 is 11.6 Å². The summed E-state index contributed by atoms with van der Waals surface area (Å²) < 4.78 is 15.8. The Morgan fingerprint density at radius 3 is 2.69 bits per heavy atom. The molecule has 4 rings (SSSR count). The van der Waals surface area contributed by atoms with Crippen LogP contribution < -0.4 is 10.2 Å². The molecule has 2 saturated heterocycles. The minimum atomic E-state index is -0.216. The molecule has 1 aromatic heterocycles. The molecule has 1 atom stereocenters. The van der Waals surface area contributed by atoms with Crippen LogP contribution in [0.1, 0.15) is 29.4 Å². The summed E-state index contributed by atoms with van der Waals surface area (Å²) in [6.45, 7) is 4.35. The SMILES string of the molecule is O=C(c1ccn(C2CCCNC2)n1)N1CCN(c2ccccc2F)CC1. The predicted octanol–water partition coefficient (Wildman–Crippen LogP) is 1.91. The summed E-state index contributed by atoms with van der Waals surface area (Å²) in [6, 6.07) is 8.91. The molecule has 2 fully saturated rings. The molecule has 2 aliphatic rings. The molecule has 26 heavy (non-hydrogen) atoms. The van der Waals surface area contributed by atoms with Gasteiger partial charge in [0.25, 0.3) is 5.91 Å². The van der Waals surface area contributed by atoms with Gasteiger partial charge in [0.05, 0.1) is 11.7 Å².